The third-order valence-electron chi connectivity index (χ3n) is 4.61. The Morgan fingerprint density at radius 1 is 0.840 bits per heavy atom. The first-order chi connectivity index (χ1) is 12.1. The van der Waals surface area contributed by atoms with Gasteiger partial charge in [0.05, 0.1) is 5.56 Å². The van der Waals surface area contributed by atoms with Crippen LogP contribution in [0, 0.1) is 0 Å². The maximum Gasteiger partial charge on any atom is 0.198 e. The first-order valence-electron chi connectivity index (χ1n) is 7.63. The zero-order valence-electron chi connectivity index (χ0n) is 12.7. The highest BCUT2D eigenvalue weighted by Crippen LogP contribution is 2.46. The average molecular weight is 349 g/mol. The fourth-order valence-corrected chi connectivity index (χ4v) is 3.73. The molecule has 4 nitrogen and oxygen atoms in total. The fraction of sp³-hybridized carbons (Fsp3) is 0. The number of halogens is 1. The largest absolute Gasteiger partial charge is 0.505 e. The van der Waals surface area contributed by atoms with Gasteiger partial charge in [-0.25, -0.2) is 0 Å². The summed E-state index contributed by atoms with van der Waals surface area (Å²) in [6.07, 6.45) is 0. The summed E-state index contributed by atoms with van der Waals surface area (Å²) in [5.74, 6) is -1.17. The Kier molecular flexibility index (Phi) is 2.68. The van der Waals surface area contributed by atoms with E-state index in [1.165, 1.54) is 0 Å². The van der Waals surface area contributed by atoms with Crippen molar-refractivity contribution in [1.29, 1.82) is 0 Å². The Labute approximate surface area is 146 Å². The number of rotatable bonds is 0. The molecule has 0 radical (unpaired) electrons. The zero-order chi connectivity index (χ0) is 17.3. The molecule has 1 aliphatic carbocycles. The molecule has 120 valence electrons. The maximum atomic E-state index is 13.1. The van der Waals surface area contributed by atoms with Crippen LogP contribution >= 0.6 is 11.6 Å². The molecule has 1 aromatic heterocycles. The lowest BCUT2D eigenvalue weighted by Gasteiger charge is -2.19. The number of carbonyl (C=O) groups excluding carboxylic acids is 2. The number of ketones is 2. The second-order valence-electron chi connectivity index (χ2n) is 5.92. The maximum absolute atomic E-state index is 13.1. The van der Waals surface area contributed by atoms with Gasteiger partial charge in [0.25, 0.3) is 0 Å². The Balaban J connectivity index is 2.05. The van der Waals surface area contributed by atoms with Gasteiger partial charge in [-0.3, -0.25) is 9.59 Å². The third kappa shape index (κ3) is 1.67. The minimum Gasteiger partial charge on any atom is -0.505 e. The van der Waals surface area contributed by atoms with Crippen molar-refractivity contribution in [3.63, 3.8) is 0 Å². The summed E-state index contributed by atoms with van der Waals surface area (Å²) in [4.78, 5) is 26.1. The number of hydrogen-bond acceptors (Lipinski definition) is 4. The Morgan fingerprint density at radius 2 is 1.44 bits per heavy atom. The predicted octanol–water partition coefficient (Wildman–Crippen LogP) is 4.72. The number of phenolic OH excluding ortho intramolecular Hbond substituents is 1. The van der Waals surface area contributed by atoms with Gasteiger partial charge in [0.2, 0.25) is 0 Å². The highest BCUT2D eigenvalue weighted by molar-refractivity contribution is 6.42. The molecule has 4 aromatic rings. The lowest BCUT2D eigenvalue weighted by Crippen LogP contribution is -2.21. The summed E-state index contributed by atoms with van der Waals surface area (Å²) in [5, 5.41) is 11.6. The predicted molar refractivity (Wildman–Crippen MR) is 93.7 cm³/mol. The zero-order valence-corrected chi connectivity index (χ0v) is 13.4. The highest BCUT2D eigenvalue weighted by Gasteiger charge is 2.36. The van der Waals surface area contributed by atoms with Crippen LogP contribution in [0.15, 0.2) is 52.9 Å². The summed E-state index contributed by atoms with van der Waals surface area (Å²) >= 11 is 6.27. The van der Waals surface area contributed by atoms with Crippen LogP contribution in [0.3, 0.4) is 0 Å². The van der Waals surface area contributed by atoms with E-state index in [4.69, 9.17) is 16.0 Å². The van der Waals surface area contributed by atoms with E-state index in [1.807, 2.05) is 6.07 Å². The topological polar surface area (TPSA) is 67.5 Å². The van der Waals surface area contributed by atoms with Gasteiger partial charge in [0, 0.05) is 27.5 Å². The van der Waals surface area contributed by atoms with Crippen LogP contribution in [0.2, 0.25) is 5.02 Å². The smallest absolute Gasteiger partial charge is 0.198 e. The monoisotopic (exact) mass is 348 g/mol. The molecule has 1 N–H and O–H groups in total. The van der Waals surface area contributed by atoms with Crippen molar-refractivity contribution in [3.05, 3.63) is 75.8 Å². The molecule has 1 heterocycles. The van der Waals surface area contributed by atoms with E-state index in [-0.39, 0.29) is 33.1 Å². The Hall–Kier alpha value is -3.11. The summed E-state index contributed by atoms with van der Waals surface area (Å²) in [6, 6.07) is 13.7. The highest BCUT2D eigenvalue weighted by atomic mass is 35.5. The molecule has 0 amide bonds. The number of furan rings is 1. The molecule has 0 unspecified atom stereocenters. The molecular weight excluding hydrogens is 340 g/mol. The van der Waals surface area contributed by atoms with Gasteiger partial charge < -0.3 is 9.52 Å². The standard InChI is InChI=1S/C20H9ClO4/c21-16-19(24)15-14(13-11-7-3-4-8-12(11)25-20(13)16)17(22)9-5-1-2-6-10(9)18(15)23/h1-8,24H. The van der Waals surface area contributed by atoms with Crippen molar-refractivity contribution >= 4 is 45.1 Å². The molecule has 25 heavy (non-hydrogen) atoms. The number of para-hydroxylation sites is 1. The van der Waals surface area contributed by atoms with Crippen molar-refractivity contribution in [3.8, 4) is 5.75 Å². The van der Waals surface area contributed by atoms with E-state index in [0.717, 1.165) is 0 Å². The molecule has 3 aromatic carbocycles. The Morgan fingerprint density at radius 3 is 2.16 bits per heavy atom. The van der Waals surface area contributed by atoms with E-state index < -0.39 is 11.5 Å². The summed E-state index contributed by atoms with van der Waals surface area (Å²) in [6.45, 7) is 0. The first-order valence-corrected chi connectivity index (χ1v) is 8.01. The molecule has 0 saturated heterocycles. The molecular formula is C20H9ClO4. The van der Waals surface area contributed by atoms with E-state index in [1.54, 1.807) is 42.5 Å². The molecule has 0 bridgehead atoms. The first kappa shape index (κ1) is 14.3. The van der Waals surface area contributed by atoms with Gasteiger partial charge in [-0.05, 0) is 6.07 Å². The van der Waals surface area contributed by atoms with Crippen LogP contribution < -0.4 is 0 Å². The van der Waals surface area contributed by atoms with E-state index in [2.05, 4.69) is 0 Å². The average Bonchev–Trinajstić information content (AvgIpc) is 3.02. The molecule has 1 aliphatic rings. The molecule has 0 atom stereocenters. The van der Waals surface area contributed by atoms with Gasteiger partial charge in [-0.1, -0.05) is 54.1 Å². The number of carbonyl (C=O) groups is 2. The molecule has 0 fully saturated rings. The van der Waals surface area contributed by atoms with Crippen molar-refractivity contribution in [2.75, 3.05) is 0 Å². The molecule has 5 rings (SSSR count). The van der Waals surface area contributed by atoms with Crippen LogP contribution in [-0.2, 0) is 0 Å². The number of benzene rings is 3. The van der Waals surface area contributed by atoms with Gasteiger partial charge in [-0.2, -0.15) is 0 Å². The van der Waals surface area contributed by atoms with E-state index >= 15 is 0 Å². The third-order valence-corrected chi connectivity index (χ3v) is 4.96. The molecule has 0 aliphatic heterocycles. The number of phenols is 1. The Bertz CT molecular complexity index is 1250. The normalized spacial score (nSPS) is 13.3. The number of fused-ring (bicyclic) bond motifs is 6. The quantitative estimate of drug-likeness (QED) is 0.439. The van der Waals surface area contributed by atoms with Crippen LogP contribution in [0.5, 0.6) is 5.75 Å². The van der Waals surface area contributed by atoms with Crippen molar-refractivity contribution < 1.29 is 19.1 Å². The lowest BCUT2D eigenvalue weighted by atomic mass is 9.81. The number of aromatic hydroxyl groups is 1. The van der Waals surface area contributed by atoms with E-state index in [9.17, 15) is 14.7 Å². The summed E-state index contributed by atoms with van der Waals surface area (Å²) in [5.41, 5.74) is 1.40. The van der Waals surface area contributed by atoms with Crippen molar-refractivity contribution in [2.24, 2.45) is 0 Å². The van der Waals surface area contributed by atoms with Crippen LogP contribution in [-0.4, -0.2) is 16.7 Å². The number of hydrogen-bond donors (Lipinski definition) is 1. The van der Waals surface area contributed by atoms with Crippen molar-refractivity contribution in [2.45, 2.75) is 0 Å². The van der Waals surface area contributed by atoms with Crippen LogP contribution in [0.4, 0.5) is 0 Å². The second kappa shape index (κ2) is 4.71. The minimum absolute atomic E-state index is 0.0623. The van der Waals surface area contributed by atoms with Gasteiger partial charge >= 0.3 is 0 Å². The van der Waals surface area contributed by atoms with Crippen LogP contribution in [0.25, 0.3) is 21.9 Å². The van der Waals surface area contributed by atoms with Gasteiger partial charge in [0.1, 0.15) is 16.4 Å². The second-order valence-corrected chi connectivity index (χ2v) is 6.30. The van der Waals surface area contributed by atoms with Crippen LogP contribution in [0.1, 0.15) is 31.8 Å². The van der Waals surface area contributed by atoms with Gasteiger partial charge in [-0.15, -0.1) is 0 Å². The van der Waals surface area contributed by atoms with E-state index in [0.29, 0.717) is 21.9 Å². The fourth-order valence-electron chi connectivity index (χ4n) is 3.51. The SMILES string of the molecule is O=C1c2ccccc2C(=O)c2c1c(O)c(Cl)c1oc3ccccc3c21. The summed E-state index contributed by atoms with van der Waals surface area (Å²) in [7, 11) is 0. The van der Waals surface area contributed by atoms with Gasteiger partial charge in [0.15, 0.2) is 17.1 Å². The minimum atomic E-state index is -0.420. The molecule has 0 spiro atoms. The molecule has 0 saturated carbocycles. The summed E-state index contributed by atoms with van der Waals surface area (Å²) < 4.78 is 5.75. The lowest BCUT2D eigenvalue weighted by molar-refractivity contribution is 0.0978. The van der Waals surface area contributed by atoms with Crippen molar-refractivity contribution in [1.82, 2.24) is 0 Å². The molecule has 5 heteroatoms.